The van der Waals surface area contributed by atoms with Gasteiger partial charge >= 0.3 is 6.18 Å². The van der Waals surface area contributed by atoms with Crippen molar-refractivity contribution in [1.82, 2.24) is 9.55 Å². The summed E-state index contributed by atoms with van der Waals surface area (Å²) in [6.45, 7) is 3.35. The first-order valence-corrected chi connectivity index (χ1v) is 6.60. The van der Waals surface area contributed by atoms with Crippen molar-refractivity contribution in [2.45, 2.75) is 6.18 Å². The van der Waals surface area contributed by atoms with Crippen molar-refractivity contribution in [2.24, 2.45) is 0 Å². The van der Waals surface area contributed by atoms with Gasteiger partial charge in [0.15, 0.2) is 5.69 Å². The Morgan fingerprint density at radius 2 is 2.08 bits per heavy atom. The molecule has 2 rings (SSSR count). The summed E-state index contributed by atoms with van der Waals surface area (Å²) in [7, 11) is 1.23. The molecule has 0 atom stereocenters. The molecule has 0 amide bonds. The van der Waals surface area contributed by atoms with Crippen LogP contribution in [0.1, 0.15) is 5.69 Å². The normalized spacial score (nSPS) is 11.0. The summed E-state index contributed by atoms with van der Waals surface area (Å²) in [5.41, 5.74) is -2.59. The van der Waals surface area contributed by atoms with Crippen LogP contribution >= 0.6 is 0 Å². The topological polar surface area (TPSA) is 99.3 Å². The predicted molar refractivity (Wildman–Crippen MR) is 82.8 cm³/mol. The average molecular weight is 356 g/mol. The third kappa shape index (κ3) is 3.76. The number of non-ortho nitro benzene ring substituents is 1. The van der Waals surface area contributed by atoms with Crippen molar-refractivity contribution in [3.63, 3.8) is 0 Å². The molecular weight excluding hydrogens is 345 g/mol. The number of rotatable bonds is 5. The van der Waals surface area contributed by atoms with Crippen LogP contribution in [-0.2, 0) is 6.18 Å². The molecule has 0 fully saturated rings. The summed E-state index contributed by atoms with van der Waals surface area (Å²) < 4.78 is 44.3. The second-order valence-corrected chi connectivity index (χ2v) is 4.62. The van der Waals surface area contributed by atoms with E-state index in [4.69, 9.17) is 4.74 Å². The Morgan fingerprint density at radius 1 is 1.40 bits per heavy atom. The lowest BCUT2D eigenvalue weighted by Crippen LogP contribution is -2.23. The van der Waals surface area contributed by atoms with Crippen LogP contribution in [0.4, 0.5) is 30.5 Å². The minimum Gasteiger partial charge on any atom is -0.494 e. The summed E-state index contributed by atoms with van der Waals surface area (Å²) in [6.07, 6.45) is -3.84. The molecule has 25 heavy (non-hydrogen) atoms. The number of alkyl halides is 3. The fourth-order valence-electron chi connectivity index (χ4n) is 1.92. The number of anilines is 2. The van der Waals surface area contributed by atoms with Gasteiger partial charge in [-0.1, -0.05) is 6.58 Å². The maximum atomic E-state index is 12.8. The number of nitrogens with one attached hydrogen (secondary N) is 1. The minimum atomic E-state index is -4.82. The fraction of sp³-hybridized carbons (Fsp3) is 0.143. The van der Waals surface area contributed by atoms with Crippen LogP contribution in [-0.4, -0.2) is 21.6 Å². The van der Waals surface area contributed by atoms with Gasteiger partial charge in [-0.3, -0.25) is 19.5 Å². The van der Waals surface area contributed by atoms with E-state index in [2.05, 4.69) is 16.9 Å². The number of aromatic nitrogens is 2. The molecule has 11 heteroatoms. The lowest BCUT2D eigenvalue weighted by molar-refractivity contribution is -0.384. The van der Waals surface area contributed by atoms with Crippen molar-refractivity contribution < 1.29 is 22.8 Å². The monoisotopic (exact) mass is 356 g/mol. The maximum absolute atomic E-state index is 12.8. The maximum Gasteiger partial charge on any atom is 0.433 e. The van der Waals surface area contributed by atoms with Gasteiger partial charge in [0.2, 0.25) is 5.95 Å². The summed E-state index contributed by atoms with van der Waals surface area (Å²) in [4.78, 5) is 25.3. The number of hydrogen-bond acceptors (Lipinski definition) is 6. The number of ether oxygens (including phenoxy) is 1. The van der Waals surface area contributed by atoms with Crippen LogP contribution in [0.15, 0.2) is 35.6 Å². The highest BCUT2D eigenvalue weighted by molar-refractivity contribution is 5.66. The Labute approximate surface area is 138 Å². The molecule has 1 aromatic heterocycles. The highest BCUT2D eigenvalue weighted by atomic mass is 19.4. The molecule has 132 valence electrons. The number of nitro benzene ring substituents is 1. The highest BCUT2D eigenvalue weighted by Crippen LogP contribution is 2.32. The van der Waals surface area contributed by atoms with Gasteiger partial charge in [-0.25, -0.2) is 4.98 Å². The SMILES string of the molecule is C=Cn1c(Nc2ccc([N+](=O)[O-])cc2OC)nc(C(F)(F)F)cc1=O. The van der Waals surface area contributed by atoms with Gasteiger partial charge in [0.25, 0.3) is 11.2 Å². The third-order valence-corrected chi connectivity index (χ3v) is 3.07. The van der Waals surface area contributed by atoms with Crippen molar-refractivity contribution in [1.29, 1.82) is 0 Å². The number of methoxy groups -OCH3 is 1. The van der Waals surface area contributed by atoms with Crippen LogP contribution < -0.4 is 15.6 Å². The average Bonchev–Trinajstić information content (AvgIpc) is 2.53. The highest BCUT2D eigenvalue weighted by Gasteiger charge is 2.34. The smallest absolute Gasteiger partial charge is 0.433 e. The molecule has 0 spiro atoms. The first-order chi connectivity index (χ1) is 11.7. The molecule has 2 aromatic rings. The molecular formula is C14H11F3N4O4. The summed E-state index contributed by atoms with van der Waals surface area (Å²) in [6, 6.07) is 3.75. The molecule has 0 saturated heterocycles. The first-order valence-electron chi connectivity index (χ1n) is 6.60. The molecule has 0 unspecified atom stereocenters. The van der Waals surface area contributed by atoms with E-state index >= 15 is 0 Å². The largest absolute Gasteiger partial charge is 0.494 e. The summed E-state index contributed by atoms with van der Waals surface area (Å²) in [5, 5.41) is 13.3. The standard InChI is InChI=1S/C14H11F3N4O4/c1-3-20-12(22)7-11(14(15,16)17)19-13(20)18-9-5-4-8(21(23)24)6-10(9)25-2/h3-7H,1H2,2H3,(H,18,19). The van der Waals surface area contributed by atoms with E-state index in [9.17, 15) is 28.1 Å². The molecule has 8 nitrogen and oxygen atoms in total. The molecule has 0 aliphatic rings. The van der Waals surface area contributed by atoms with Crippen molar-refractivity contribution in [2.75, 3.05) is 12.4 Å². The molecule has 0 radical (unpaired) electrons. The van der Waals surface area contributed by atoms with E-state index in [0.717, 1.165) is 22.9 Å². The van der Waals surface area contributed by atoms with E-state index in [1.54, 1.807) is 0 Å². The zero-order chi connectivity index (χ0) is 18.8. The summed E-state index contributed by atoms with van der Waals surface area (Å²) in [5.74, 6) is -0.488. The predicted octanol–water partition coefficient (Wildman–Crippen LogP) is 3.02. The second kappa shape index (κ2) is 6.63. The molecule has 1 aromatic carbocycles. The van der Waals surface area contributed by atoms with Gasteiger partial charge in [-0.2, -0.15) is 13.2 Å². The quantitative estimate of drug-likeness (QED) is 0.653. The Bertz CT molecular complexity index is 893. The fourth-order valence-corrected chi connectivity index (χ4v) is 1.92. The van der Waals surface area contributed by atoms with E-state index in [0.29, 0.717) is 6.07 Å². The first kappa shape index (κ1) is 18.0. The molecule has 0 aliphatic carbocycles. The lowest BCUT2D eigenvalue weighted by atomic mass is 10.2. The Kier molecular flexibility index (Phi) is 4.77. The van der Waals surface area contributed by atoms with Gasteiger partial charge in [0.1, 0.15) is 5.75 Å². The number of halogens is 3. The van der Waals surface area contributed by atoms with Crippen molar-refractivity contribution in [3.8, 4) is 5.75 Å². The van der Waals surface area contributed by atoms with Crippen LogP contribution in [0, 0.1) is 10.1 Å². The van der Waals surface area contributed by atoms with Gasteiger partial charge in [-0.15, -0.1) is 0 Å². The number of nitro groups is 1. The van der Waals surface area contributed by atoms with Crippen molar-refractivity contribution >= 4 is 23.5 Å². The van der Waals surface area contributed by atoms with Gasteiger partial charge < -0.3 is 10.1 Å². The lowest BCUT2D eigenvalue weighted by Gasteiger charge is -2.15. The summed E-state index contributed by atoms with van der Waals surface area (Å²) >= 11 is 0. The van der Waals surface area contributed by atoms with Gasteiger partial charge in [-0.05, 0) is 6.07 Å². The molecule has 0 saturated carbocycles. The van der Waals surface area contributed by atoms with E-state index in [-0.39, 0.29) is 17.1 Å². The number of nitrogens with zero attached hydrogens (tertiary/aromatic N) is 3. The molecule has 0 aliphatic heterocycles. The van der Waals surface area contributed by atoms with Crippen molar-refractivity contribution in [3.05, 3.63) is 57.0 Å². The van der Waals surface area contributed by atoms with Gasteiger partial charge in [0.05, 0.1) is 23.8 Å². The van der Waals surface area contributed by atoms with Crippen LogP contribution in [0.3, 0.4) is 0 Å². The van der Waals surface area contributed by atoms with E-state index in [1.807, 2.05) is 0 Å². The minimum absolute atomic E-state index is 0.0172. The number of hydrogen-bond donors (Lipinski definition) is 1. The van der Waals surface area contributed by atoms with Gasteiger partial charge in [0, 0.05) is 18.3 Å². The Hall–Kier alpha value is -3.37. The molecule has 1 heterocycles. The molecule has 0 bridgehead atoms. The Balaban J connectivity index is 2.56. The zero-order valence-electron chi connectivity index (χ0n) is 12.7. The molecule has 1 N–H and O–H groups in total. The number of benzene rings is 1. The third-order valence-electron chi connectivity index (χ3n) is 3.07. The van der Waals surface area contributed by atoms with E-state index < -0.39 is 28.3 Å². The van der Waals surface area contributed by atoms with Crippen LogP contribution in [0.25, 0.3) is 6.20 Å². The zero-order valence-corrected chi connectivity index (χ0v) is 12.7. The Morgan fingerprint density at radius 3 is 2.60 bits per heavy atom. The van der Waals surface area contributed by atoms with Crippen LogP contribution in [0.5, 0.6) is 5.75 Å². The second-order valence-electron chi connectivity index (χ2n) is 4.62. The van der Waals surface area contributed by atoms with Crippen LogP contribution in [0.2, 0.25) is 0 Å². The van der Waals surface area contributed by atoms with E-state index in [1.165, 1.54) is 13.2 Å².